The number of benzene rings is 2. The third-order valence-electron chi connectivity index (χ3n) is 6.41. The number of nitrogens with one attached hydrogen (secondary N) is 1. The van der Waals surface area contributed by atoms with E-state index >= 15 is 0 Å². The zero-order valence-electron chi connectivity index (χ0n) is 20.3. The van der Waals surface area contributed by atoms with Gasteiger partial charge in [-0.2, -0.15) is 0 Å². The minimum absolute atomic E-state index is 0.00176. The first-order valence-electron chi connectivity index (χ1n) is 12.2. The first-order chi connectivity index (χ1) is 17.6. The molecule has 0 atom stereocenters. The average Bonchev–Trinajstić information content (AvgIpc) is 3.32. The molecule has 0 amide bonds. The van der Waals surface area contributed by atoms with Crippen LogP contribution < -0.4 is 5.56 Å². The van der Waals surface area contributed by atoms with Crippen LogP contribution in [0.5, 0.6) is 0 Å². The van der Waals surface area contributed by atoms with Crippen molar-refractivity contribution in [3.63, 3.8) is 0 Å². The Morgan fingerprint density at radius 3 is 2.61 bits per heavy atom. The number of ketones is 1. The van der Waals surface area contributed by atoms with Gasteiger partial charge in [0.05, 0.1) is 18.4 Å². The molecule has 0 saturated heterocycles. The molecule has 3 heterocycles. The van der Waals surface area contributed by atoms with Crippen LogP contribution in [0.3, 0.4) is 0 Å². The lowest BCUT2D eigenvalue weighted by molar-refractivity contribution is -0.119. The molecule has 1 N–H and O–H groups in total. The molecule has 0 spiro atoms. The van der Waals surface area contributed by atoms with Gasteiger partial charge in [-0.1, -0.05) is 60.2 Å². The number of hydrogen-bond donors (Lipinski definition) is 1. The zero-order valence-corrected chi connectivity index (χ0v) is 20.3. The predicted molar refractivity (Wildman–Crippen MR) is 142 cm³/mol. The third-order valence-corrected chi connectivity index (χ3v) is 6.41. The van der Waals surface area contributed by atoms with Gasteiger partial charge in [-0.25, -0.2) is 0 Å². The molecule has 0 aliphatic heterocycles. The summed E-state index contributed by atoms with van der Waals surface area (Å²) < 4.78 is 1.59. The van der Waals surface area contributed by atoms with Crippen LogP contribution in [-0.4, -0.2) is 25.3 Å². The standard InChI is InChI=1S/C30H28N4O2/c1-21-6-5-7-22(16-21)10-13-28-30(36)34(29(19-32-28)23-8-3-2-4-9-23)20-26(35)12-11-25-17-24-18-31-15-14-27(24)33-25/h2-9,14-19,33H,10-13,20H2,1H3. The van der Waals surface area contributed by atoms with Crippen molar-refractivity contribution in [3.05, 3.63) is 118 Å². The second kappa shape index (κ2) is 10.5. The third kappa shape index (κ3) is 5.33. The quantitative estimate of drug-likeness (QED) is 0.322. The molecule has 2 aromatic carbocycles. The fourth-order valence-electron chi connectivity index (χ4n) is 4.52. The fourth-order valence-corrected chi connectivity index (χ4v) is 4.52. The van der Waals surface area contributed by atoms with Crippen molar-refractivity contribution in [1.29, 1.82) is 0 Å². The molecule has 0 saturated carbocycles. The topological polar surface area (TPSA) is 80.6 Å². The molecule has 6 nitrogen and oxygen atoms in total. The molecule has 0 bridgehead atoms. The van der Waals surface area contributed by atoms with Gasteiger partial charge < -0.3 is 4.98 Å². The van der Waals surface area contributed by atoms with E-state index in [1.165, 1.54) is 11.1 Å². The Morgan fingerprint density at radius 2 is 1.81 bits per heavy atom. The Kier molecular flexibility index (Phi) is 6.85. The largest absolute Gasteiger partial charge is 0.358 e. The number of H-pyrrole nitrogens is 1. The van der Waals surface area contributed by atoms with Gasteiger partial charge in [0.25, 0.3) is 5.56 Å². The number of Topliss-reactive ketones (excluding diaryl/α,β-unsaturated/α-hetero) is 1. The van der Waals surface area contributed by atoms with E-state index in [1.54, 1.807) is 23.2 Å². The minimum atomic E-state index is -0.200. The summed E-state index contributed by atoms with van der Waals surface area (Å²) in [4.78, 5) is 38.6. The van der Waals surface area contributed by atoms with E-state index in [-0.39, 0.29) is 17.9 Å². The van der Waals surface area contributed by atoms with Gasteiger partial charge in [-0.05, 0) is 49.4 Å². The number of pyridine rings is 1. The van der Waals surface area contributed by atoms with E-state index in [1.807, 2.05) is 48.5 Å². The van der Waals surface area contributed by atoms with Gasteiger partial charge in [0.1, 0.15) is 5.69 Å². The van der Waals surface area contributed by atoms with Gasteiger partial charge in [0, 0.05) is 35.4 Å². The molecule has 0 unspecified atom stereocenters. The molecule has 180 valence electrons. The zero-order chi connectivity index (χ0) is 24.9. The number of aromatic nitrogens is 4. The maximum atomic E-state index is 13.5. The normalized spacial score (nSPS) is 11.1. The SMILES string of the molecule is Cc1cccc(CCc2ncc(-c3ccccc3)n(CC(=O)CCc3cc4cnccc4[nH]3)c2=O)c1. The maximum absolute atomic E-state index is 13.5. The van der Waals surface area contributed by atoms with Crippen LogP contribution in [0.2, 0.25) is 0 Å². The summed E-state index contributed by atoms with van der Waals surface area (Å²) in [7, 11) is 0. The van der Waals surface area contributed by atoms with Crippen molar-refractivity contribution in [2.45, 2.75) is 39.2 Å². The predicted octanol–water partition coefficient (Wildman–Crippen LogP) is 5.08. The van der Waals surface area contributed by atoms with Crippen LogP contribution in [0.15, 0.2) is 90.1 Å². The van der Waals surface area contributed by atoms with E-state index in [2.05, 4.69) is 40.1 Å². The molecule has 3 aromatic heterocycles. The molecule has 0 aliphatic rings. The highest BCUT2D eigenvalue weighted by Crippen LogP contribution is 2.19. The Balaban J connectivity index is 1.37. The van der Waals surface area contributed by atoms with Crippen molar-refractivity contribution in [2.24, 2.45) is 0 Å². The number of hydrogen-bond acceptors (Lipinski definition) is 4. The lowest BCUT2D eigenvalue weighted by atomic mass is 10.1. The Bertz CT molecular complexity index is 1530. The van der Waals surface area contributed by atoms with Crippen LogP contribution in [0, 0.1) is 6.92 Å². The molecule has 36 heavy (non-hydrogen) atoms. The smallest absolute Gasteiger partial charge is 0.273 e. The van der Waals surface area contributed by atoms with Crippen molar-refractivity contribution >= 4 is 16.7 Å². The molecule has 0 aliphatic carbocycles. The highest BCUT2D eigenvalue weighted by Gasteiger charge is 2.15. The van der Waals surface area contributed by atoms with Crippen LogP contribution in [-0.2, 0) is 30.6 Å². The Hall–Kier alpha value is -4.32. The number of carbonyl (C=O) groups excluding carboxylic acids is 1. The number of aromatic amines is 1. The second-order valence-electron chi connectivity index (χ2n) is 9.13. The molecular weight excluding hydrogens is 448 g/mol. The van der Waals surface area contributed by atoms with E-state index in [0.29, 0.717) is 30.7 Å². The van der Waals surface area contributed by atoms with Crippen molar-refractivity contribution in [3.8, 4) is 11.3 Å². The van der Waals surface area contributed by atoms with Gasteiger partial charge in [-0.3, -0.25) is 24.1 Å². The van der Waals surface area contributed by atoms with Crippen molar-refractivity contribution in [2.75, 3.05) is 0 Å². The number of rotatable bonds is 9. The van der Waals surface area contributed by atoms with Crippen LogP contribution in [0.25, 0.3) is 22.2 Å². The monoisotopic (exact) mass is 476 g/mol. The molecule has 0 fully saturated rings. The average molecular weight is 477 g/mol. The van der Waals surface area contributed by atoms with Gasteiger partial charge >= 0.3 is 0 Å². The van der Waals surface area contributed by atoms with Gasteiger partial charge in [0.15, 0.2) is 5.78 Å². The maximum Gasteiger partial charge on any atom is 0.273 e. The van der Waals surface area contributed by atoms with E-state index in [4.69, 9.17) is 0 Å². The van der Waals surface area contributed by atoms with Gasteiger partial charge in [-0.15, -0.1) is 0 Å². The molecular formula is C30H28N4O2. The summed E-state index contributed by atoms with van der Waals surface area (Å²) in [6.45, 7) is 2.08. The van der Waals surface area contributed by atoms with Crippen LogP contribution in [0.1, 0.15) is 28.9 Å². The summed E-state index contributed by atoms with van der Waals surface area (Å²) in [6.07, 6.45) is 7.42. The summed E-state index contributed by atoms with van der Waals surface area (Å²) in [5.74, 6) is 0.00176. The highest BCUT2D eigenvalue weighted by molar-refractivity contribution is 5.81. The van der Waals surface area contributed by atoms with E-state index in [0.717, 1.165) is 28.6 Å². The number of nitrogens with zero attached hydrogens (tertiary/aromatic N) is 3. The Morgan fingerprint density at radius 1 is 0.944 bits per heavy atom. The summed E-state index contributed by atoms with van der Waals surface area (Å²) >= 11 is 0. The first-order valence-corrected chi connectivity index (χ1v) is 12.2. The second-order valence-corrected chi connectivity index (χ2v) is 9.13. The summed E-state index contributed by atoms with van der Waals surface area (Å²) in [5.41, 5.74) is 6.14. The van der Waals surface area contributed by atoms with E-state index in [9.17, 15) is 9.59 Å². The van der Waals surface area contributed by atoms with E-state index < -0.39 is 0 Å². The first kappa shape index (κ1) is 23.4. The summed E-state index contributed by atoms with van der Waals surface area (Å²) in [5, 5.41) is 1.02. The molecule has 6 heteroatoms. The molecule has 5 rings (SSSR count). The lowest BCUT2D eigenvalue weighted by Gasteiger charge is -2.14. The van der Waals surface area contributed by atoms with Crippen molar-refractivity contribution < 1.29 is 4.79 Å². The van der Waals surface area contributed by atoms with Crippen molar-refractivity contribution in [1.82, 2.24) is 19.5 Å². The molecule has 5 aromatic rings. The minimum Gasteiger partial charge on any atom is -0.358 e. The lowest BCUT2D eigenvalue weighted by Crippen LogP contribution is -2.30. The number of fused-ring (bicyclic) bond motifs is 1. The van der Waals surface area contributed by atoms with Gasteiger partial charge in [0.2, 0.25) is 0 Å². The number of carbonyl (C=O) groups is 1. The highest BCUT2D eigenvalue weighted by atomic mass is 16.1. The molecule has 0 radical (unpaired) electrons. The summed E-state index contributed by atoms with van der Waals surface area (Å²) in [6, 6.07) is 21.8. The number of aryl methyl sites for hydroxylation is 4. The van der Waals surface area contributed by atoms with Crippen LogP contribution in [0.4, 0.5) is 0 Å². The fraction of sp³-hybridized carbons (Fsp3) is 0.200. The Labute approximate surface area is 209 Å². The van der Waals surface area contributed by atoms with Crippen LogP contribution >= 0.6 is 0 Å².